The van der Waals surface area contributed by atoms with Crippen LogP contribution >= 0.6 is 0 Å². The maximum atomic E-state index is 11.7. The molecular formula is C12H21N3O2. The molecule has 1 aromatic heterocycles. The van der Waals surface area contributed by atoms with Crippen molar-refractivity contribution in [2.24, 2.45) is 5.92 Å². The first-order valence-electron chi connectivity index (χ1n) is 5.79. The molecule has 0 atom stereocenters. The predicted octanol–water partition coefficient (Wildman–Crippen LogP) is 1.46. The van der Waals surface area contributed by atoms with Crippen LogP contribution in [0, 0.1) is 5.92 Å². The van der Waals surface area contributed by atoms with E-state index in [0.29, 0.717) is 30.5 Å². The van der Waals surface area contributed by atoms with Gasteiger partial charge in [0.2, 0.25) is 5.88 Å². The van der Waals surface area contributed by atoms with Crippen LogP contribution in [-0.2, 0) is 13.1 Å². The Labute approximate surface area is 101 Å². The fourth-order valence-corrected chi connectivity index (χ4v) is 1.52. The molecule has 5 heteroatoms. The Balaban J connectivity index is 2.87. The van der Waals surface area contributed by atoms with Gasteiger partial charge in [-0.1, -0.05) is 20.4 Å². The van der Waals surface area contributed by atoms with Gasteiger partial charge in [0, 0.05) is 12.2 Å². The van der Waals surface area contributed by atoms with Gasteiger partial charge >= 0.3 is 0 Å². The molecule has 1 aromatic rings. The molecule has 0 spiro atoms. The largest absolute Gasteiger partial charge is 0.481 e. The molecule has 1 rings (SSSR count). The molecule has 0 bridgehead atoms. The van der Waals surface area contributed by atoms with Gasteiger partial charge < -0.3 is 10.1 Å². The van der Waals surface area contributed by atoms with Crippen LogP contribution in [0.2, 0.25) is 0 Å². The topological polar surface area (TPSA) is 59.0 Å². The first kappa shape index (κ1) is 13.4. The number of hydrogen-bond donors (Lipinski definition) is 2. The molecule has 0 radical (unpaired) electrons. The second-order valence-corrected chi connectivity index (χ2v) is 4.21. The second-order valence-electron chi connectivity index (χ2n) is 4.21. The average molecular weight is 239 g/mol. The number of methoxy groups -OCH3 is 1. The standard InChI is InChI=1S/C12H21N3O2/c1-6-15-12(17-5)10(11(16)14-15)7-13-9(4)8(2)3/h8,13H,4,6-7H2,1-3,5H3,(H,14,16). The quantitative estimate of drug-likeness (QED) is 0.790. The van der Waals surface area contributed by atoms with E-state index in [0.717, 1.165) is 5.70 Å². The second kappa shape index (κ2) is 5.61. The predicted molar refractivity (Wildman–Crippen MR) is 68.1 cm³/mol. The Morgan fingerprint density at radius 3 is 2.71 bits per heavy atom. The molecule has 0 aliphatic rings. The number of ether oxygens (including phenoxy) is 1. The monoisotopic (exact) mass is 239 g/mol. The van der Waals surface area contributed by atoms with Crippen molar-refractivity contribution in [2.45, 2.75) is 33.9 Å². The molecule has 0 saturated carbocycles. The zero-order chi connectivity index (χ0) is 13.0. The molecule has 0 unspecified atom stereocenters. The van der Waals surface area contributed by atoms with E-state index in [1.54, 1.807) is 11.8 Å². The summed E-state index contributed by atoms with van der Waals surface area (Å²) in [6.07, 6.45) is 0. The minimum absolute atomic E-state index is 0.118. The highest BCUT2D eigenvalue weighted by molar-refractivity contribution is 5.25. The molecule has 0 aliphatic heterocycles. The Hall–Kier alpha value is -1.65. The van der Waals surface area contributed by atoms with E-state index in [1.807, 2.05) is 20.8 Å². The number of H-pyrrole nitrogens is 1. The van der Waals surface area contributed by atoms with Gasteiger partial charge in [-0.2, -0.15) is 0 Å². The van der Waals surface area contributed by atoms with Crippen molar-refractivity contribution in [3.8, 4) is 5.88 Å². The smallest absolute Gasteiger partial charge is 0.273 e. The van der Waals surface area contributed by atoms with E-state index >= 15 is 0 Å². The molecule has 0 fully saturated rings. The van der Waals surface area contributed by atoms with Gasteiger partial charge in [-0.15, -0.1) is 0 Å². The van der Waals surface area contributed by atoms with Crippen LogP contribution in [0.3, 0.4) is 0 Å². The van der Waals surface area contributed by atoms with Crippen molar-refractivity contribution < 1.29 is 4.74 Å². The van der Waals surface area contributed by atoms with Crippen LogP contribution < -0.4 is 15.6 Å². The van der Waals surface area contributed by atoms with Gasteiger partial charge in [0.1, 0.15) is 0 Å². The van der Waals surface area contributed by atoms with E-state index in [9.17, 15) is 4.79 Å². The third-order valence-electron chi connectivity index (χ3n) is 2.71. The molecule has 96 valence electrons. The van der Waals surface area contributed by atoms with Crippen molar-refractivity contribution in [3.05, 3.63) is 28.2 Å². The first-order valence-corrected chi connectivity index (χ1v) is 5.79. The fourth-order valence-electron chi connectivity index (χ4n) is 1.52. The fraction of sp³-hybridized carbons (Fsp3) is 0.583. The highest BCUT2D eigenvalue weighted by Gasteiger charge is 2.14. The lowest BCUT2D eigenvalue weighted by Gasteiger charge is -2.12. The van der Waals surface area contributed by atoms with E-state index in [2.05, 4.69) is 17.0 Å². The number of nitrogens with zero attached hydrogens (tertiary/aromatic N) is 1. The van der Waals surface area contributed by atoms with E-state index in [-0.39, 0.29) is 5.56 Å². The maximum absolute atomic E-state index is 11.7. The molecule has 0 aliphatic carbocycles. The molecule has 1 heterocycles. The Morgan fingerprint density at radius 1 is 1.59 bits per heavy atom. The minimum atomic E-state index is -0.118. The van der Waals surface area contributed by atoms with Gasteiger partial charge in [0.05, 0.1) is 19.2 Å². The lowest BCUT2D eigenvalue weighted by atomic mass is 10.1. The van der Waals surface area contributed by atoms with Crippen LogP contribution in [0.1, 0.15) is 26.3 Å². The molecule has 0 amide bonds. The summed E-state index contributed by atoms with van der Waals surface area (Å²) in [7, 11) is 1.57. The zero-order valence-corrected chi connectivity index (χ0v) is 11.0. The Bertz CT molecular complexity index is 443. The molecule has 5 nitrogen and oxygen atoms in total. The van der Waals surface area contributed by atoms with Gasteiger partial charge in [-0.05, 0) is 12.8 Å². The van der Waals surface area contributed by atoms with Gasteiger partial charge in [0.25, 0.3) is 5.56 Å². The third kappa shape index (κ3) is 2.93. The van der Waals surface area contributed by atoms with Gasteiger partial charge in [-0.25, -0.2) is 0 Å². The van der Waals surface area contributed by atoms with Crippen LogP contribution in [-0.4, -0.2) is 16.9 Å². The number of allylic oxidation sites excluding steroid dienone is 1. The summed E-state index contributed by atoms with van der Waals surface area (Å²) in [4.78, 5) is 11.7. The third-order valence-corrected chi connectivity index (χ3v) is 2.71. The SMILES string of the molecule is C=C(NCc1c(OC)n(CC)[nH]c1=O)C(C)C. The molecule has 0 aromatic carbocycles. The summed E-state index contributed by atoms with van der Waals surface area (Å²) in [5.74, 6) is 0.926. The van der Waals surface area contributed by atoms with Crippen molar-refractivity contribution in [1.29, 1.82) is 0 Å². The van der Waals surface area contributed by atoms with Crippen molar-refractivity contribution in [3.63, 3.8) is 0 Å². The average Bonchev–Trinajstić information content (AvgIpc) is 2.61. The van der Waals surface area contributed by atoms with Crippen LogP contribution in [0.5, 0.6) is 5.88 Å². The number of hydrogen-bond acceptors (Lipinski definition) is 3. The summed E-state index contributed by atoms with van der Waals surface area (Å²) in [6.45, 7) is 11.1. The molecule has 0 saturated heterocycles. The van der Waals surface area contributed by atoms with E-state index < -0.39 is 0 Å². The summed E-state index contributed by atoms with van der Waals surface area (Å²) < 4.78 is 6.93. The molecular weight excluding hydrogens is 218 g/mol. The van der Waals surface area contributed by atoms with Gasteiger partial charge in [0.15, 0.2) is 0 Å². The minimum Gasteiger partial charge on any atom is -0.481 e. The normalized spacial score (nSPS) is 10.6. The summed E-state index contributed by atoms with van der Waals surface area (Å²) in [5, 5.41) is 5.88. The van der Waals surface area contributed by atoms with Crippen LogP contribution in [0.4, 0.5) is 0 Å². The van der Waals surface area contributed by atoms with E-state index in [4.69, 9.17) is 4.74 Å². The first-order chi connectivity index (χ1) is 8.01. The molecule has 17 heavy (non-hydrogen) atoms. The number of aromatic amines is 1. The lowest BCUT2D eigenvalue weighted by molar-refractivity contribution is 0.359. The maximum Gasteiger partial charge on any atom is 0.273 e. The van der Waals surface area contributed by atoms with Gasteiger partial charge in [-0.3, -0.25) is 14.6 Å². The van der Waals surface area contributed by atoms with Crippen LogP contribution in [0.25, 0.3) is 0 Å². The van der Waals surface area contributed by atoms with E-state index in [1.165, 1.54) is 0 Å². The molecule has 2 N–H and O–H groups in total. The van der Waals surface area contributed by atoms with Crippen molar-refractivity contribution in [1.82, 2.24) is 15.1 Å². The van der Waals surface area contributed by atoms with Crippen molar-refractivity contribution in [2.75, 3.05) is 7.11 Å². The Morgan fingerprint density at radius 2 is 2.24 bits per heavy atom. The number of aromatic nitrogens is 2. The zero-order valence-electron chi connectivity index (χ0n) is 11.0. The summed E-state index contributed by atoms with van der Waals surface area (Å²) in [6, 6.07) is 0. The lowest BCUT2D eigenvalue weighted by Crippen LogP contribution is -2.20. The van der Waals surface area contributed by atoms with Crippen LogP contribution in [0.15, 0.2) is 17.1 Å². The summed E-state index contributed by atoms with van der Waals surface area (Å²) >= 11 is 0. The number of aryl methyl sites for hydroxylation is 1. The Kier molecular flexibility index (Phi) is 4.43. The summed E-state index contributed by atoms with van der Waals surface area (Å²) in [5.41, 5.74) is 1.40. The highest BCUT2D eigenvalue weighted by Crippen LogP contribution is 2.14. The number of nitrogens with one attached hydrogen (secondary N) is 2. The van der Waals surface area contributed by atoms with Crippen molar-refractivity contribution >= 4 is 0 Å². The highest BCUT2D eigenvalue weighted by atomic mass is 16.5. The number of rotatable bonds is 6.